The van der Waals surface area contributed by atoms with Gasteiger partial charge in [0.05, 0.1) is 5.57 Å². The zero-order chi connectivity index (χ0) is 11.6. The van der Waals surface area contributed by atoms with Crippen LogP contribution in [0.3, 0.4) is 0 Å². The third-order valence-electron chi connectivity index (χ3n) is 1.90. The first-order valence-electron chi connectivity index (χ1n) is 4.20. The average molecular weight is 214 g/mol. The summed E-state index contributed by atoms with van der Waals surface area (Å²) in [6.07, 6.45) is -4.67. The fourth-order valence-electron chi connectivity index (χ4n) is 1.09. The van der Waals surface area contributed by atoms with Gasteiger partial charge in [0.1, 0.15) is 0 Å². The molecule has 0 saturated carbocycles. The number of hydrogen-bond acceptors (Lipinski definition) is 1. The quantitative estimate of drug-likeness (QED) is 0.545. The molecule has 1 aromatic carbocycles. The van der Waals surface area contributed by atoms with Crippen molar-refractivity contribution in [3.8, 4) is 0 Å². The zero-order valence-electron chi connectivity index (χ0n) is 8.06. The molecule has 0 atom stereocenters. The molecule has 0 heterocycles. The number of alkyl halides is 3. The number of carbonyl (C=O) groups excluding carboxylic acids is 1. The fourth-order valence-corrected chi connectivity index (χ4v) is 1.09. The lowest BCUT2D eigenvalue weighted by molar-refractivity contribution is -0.0883. The van der Waals surface area contributed by atoms with Crippen LogP contribution in [0, 0.1) is 6.92 Å². The third-order valence-corrected chi connectivity index (χ3v) is 1.90. The first-order valence-corrected chi connectivity index (χ1v) is 4.20. The van der Waals surface area contributed by atoms with Gasteiger partial charge >= 0.3 is 6.18 Å². The molecule has 4 heteroatoms. The molecule has 0 amide bonds. The highest BCUT2D eigenvalue weighted by Gasteiger charge is 2.36. The van der Waals surface area contributed by atoms with E-state index in [1.165, 1.54) is 18.2 Å². The van der Waals surface area contributed by atoms with Gasteiger partial charge in [-0.2, -0.15) is 13.2 Å². The molecule has 0 radical (unpaired) electrons. The maximum Gasteiger partial charge on any atom is 0.419 e. The van der Waals surface area contributed by atoms with Gasteiger partial charge in [-0.05, 0) is 13.0 Å². The number of rotatable bonds is 2. The standard InChI is InChI=1S/C11H9F3O/c1-7-4-3-5-9(6-7)10(15)8(2)11(12,13)14/h3-6H,2H2,1H3. The van der Waals surface area contributed by atoms with E-state index in [0.29, 0.717) is 0 Å². The van der Waals surface area contributed by atoms with Crippen LogP contribution in [0.2, 0.25) is 0 Å². The van der Waals surface area contributed by atoms with E-state index in [1.54, 1.807) is 13.0 Å². The molecule has 0 fully saturated rings. The van der Waals surface area contributed by atoms with Crippen LogP contribution in [0.15, 0.2) is 36.4 Å². The van der Waals surface area contributed by atoms with Crippen molar-refractivity contribution in [2.24, 2.45) is 0 Å². The monoisotopic (exact) mass is 214 g/mol. The molecule has 15 heavy (non-hydrogen) atoms. The number of halogens is 3. The Labute approximate surface area is 85.2 Å². The van der Waals surface area contributed by atoms with Gasteiger partial charge in [-0.25, -0.2) is 0 Å². The molecule has 0 aliphatic rings. The molecule has 0 aromatic heterocycles. The van der Waals surface area contributed by atoms with Gasteiger partial charge in [-0.3, -0.25) is 4.79 Å². The number of Topliss-reactive ketones (excluding diaryl/α,β-unsaturated/α-hetero) is 1. The van der Waals surface area contributed by atoms with Gasteiger partial charge in [0, 0.05) is 5.56 Å². The van der Waals surface area contributed by atoms with E-state index < -0.39 is 17.5 Å². The highest BCUT2D eigenvalue weighted by Crippen LogP contribution is 2.27. The lowest BCUT2D eigenvalue weighted by Crippen LogP contribution is -2.19. The molecule has 0 aliphatic carbocycles. The first kappa shape index (κ1) is 11.5. The Balaban J connectivity index is 3.01. The Hall–Kier alpha value is -1.58. The van der Waals surface area contributed by atoms with Crippen LogP contribution in [0.5, 0.6) is 0 Å². The molecular weight excluding hydrogens is 205 g/mol. The lowest BCUT2D eigenvalue weighted by Gasteiger charge is -2.08. The predicted molar refractivity (Wildman–Crippen MR) is 50.7 cm³/mol. The van der Waals surface area contributed by atoms with Gasteiger partial charge in [0.2, 0.25) is 0 Å². The zero-order valence-corrected chi connectivity index (χ0v) is 8.06. The topological polar surface area (TPSA) is 17.1 Å². The average Bonchev–Trinajstić information content (AvgIpc) is 2.14. The minimum Gasteiger partial charge on any atom is -0.289 e. The number of aryl methyl sites for hydroxylation is 1. The molecule has 80 valence electrons. The van der Waals surface area contributed by atoms with Gasteiger partial charge in [-0.15, -0.1) is 0 Å². The van der Waals surface area contributed by atoms with E-state index >= 15 is 0 Å². The summed E-state index contributed by atoms with van der Waals surface area (Å²) in [5, 5.41) is 0. The van der Waals surface area contributed by atoms with E-state index in [9.17, 15) is 18.0 Å². The molecule has 1 aromatic rings. The van der Waals surface area contributed by atoms with E-state index in [4.69, 9.17) is 0 Å². The Morgan fingerprint density at radius 3 is 2.40 bits per heavy atom. The van der Waals surface area contributed by atoms with Crippen molar-refractivity contribution < 1.29 is 18.0 Å². The van der Waals surface area contributed by atoms with Gasteiger partial charge in [-0.1, -0.05) is 30.3 Å². The summed E-state index contributed by atoms with van der Waals surface area (Å²) in [6, 6.07) is 5.98. The maximum atomic E-state index is 12.2. The van der Waals surface area contributed by atoms with Gasteiger partial charge in [0.15, 0.2) is 5.78 Å². The summed E-state index contributed by atoms with van der Waals surface area (Å²) in [5.41, 5.74) is -0.596. The molecule has 1 rings (SSSR count). The highest BCUT2D eigenvalue weighted by molar-refractivity contribution is 6.09. The number of hydrogen-bond donors (Lipinski definition) is 0. The van der Waals surface area contributed by atoms with Crippen LogP contribution in [0.25, 0.3) is 0 Å². The van der Waals surface area contributed by atoms with Crippen molar-refractivity contribution in [3.63, 3.8) is 0 Å². The molecule has 0 bridgehead atoms. The Bertz CT molecular complexity index is 405. The van der Waals surface area contributed by atoms with Crippen LogP contribution in [0.4, 0.5) is 13.2 Å². The molecule has 0 N–H and O–H groups in total. The molecule has 1 nitrogen and oxygen atoms in total. The van der Waals surface area contributed by atoms with Crippen LogP contribution >= 0.6 is 0 Å². The van der Waals surface area contributed by atoms with Crippen LogP contribution in [0.1, 0.15) is 15.9 Å². The van der Waals surface area contributed by atoms with Gasteiger partial charge < -0.3 is 0 Å². The summed E-state index contributed by atoms with van der Waals surface area (Å²) >= 11 is 0. The smallest absolute Gasteiger partial charge is 0.289 e. The lowest BCUT2D eigenvalue weighted by atomic mass is 10.0. The van der Waals surface area contributed by atoms with Crippen molar-refractivity contribution in [2.75, 3.05) is 0 Å². The van der Waals surface area contributed by atoms with Gasteiger partial charge in [0.25, 0.3) is 0 Å². The number of benzene rings is 1. The predicted octanol–water partition coefficient (Wildman–Crippen LogP) is 3.30. The van der Waals surface area contributed by atoms with Crippen molar-refractivity contribution >= 4 is 5.78 Å². The minimum atomic E-state index is -4.67. The second-order valence-corrected chi connectivity index (χ2v) is 3.17. The number of allylic oxidation sites excluding steroid dienone is 1. The number of ketones is 1. The van der Waals surface area contributed by atoms with Crippen molar-refractivity contribution in [2.45, 2.75) is 13.1 Å². The molecule has 0 unspecified atom stereocenters. The summed E-state index contributed by atoms with van der Waals surface area (Å²) in [5.74, 6) is -1.08. The van der Waals surface area contributed by atoms with Crippen molar-refractivity contribution in [1.82, 2.24) is 0 Å². The SMILES string of the molecule is C=C(C(=O)c1cccc(C)c1)C(F)(F)F. The molecular formula is C11H9F3O. The van der Waals surface area contributed by atoms with Crippen molar-refractivity contribution in [1.29, 1.82) is 0 Å². The Morgan fingerprint density at radius 2 is 1.93 bits per heavy atom. The molecule has 0 aliphatic heterocycles. The van der Waals surface area contributed by atoms with Crippen LogP contribution < -0.4 is 0 Å². The van der Waals surface area contributed by atoms with Crippen LogP contribution in [-0.2, 0) is 0 Å². The van der Waals surface area contributed by atoms with E-state index in [2.05, 4.69) is 6.58 Å². The summed E-state index contributed by atoms with van der Waals surface area (Å²) in [4.78, 5) is 11.3. The van der Waals surface area contributed by atoms with Crippen molar-refractivity contribution in [3.05, 3.63) is 47.5 Å². The van der Waals surface area contributed by atoms with E-state index in [-0.39, 0.29) is 5.56 Å². The highest BCUT2D eigenvalue weighted by atomic mass is 19.4. The Kier molecular flexibility index (Phi) is 2.98. The normalized spacial score (nSPS) is 11.2. The fraction of sp³-hybridized carbons (Fsp3) is 0.182. The molecule has 0 saturated heterocycles. The summed E-state index contributed by atoms with van der Waals surface area (Å²) in [6.45, 7) is 4.46. The third kappa shape index (κ3) is 2.68. The largest absolute Gasteiger partial charge is 0.419 e. The first-order chi connectivity index (χ1) is 6.82. The maximum absolute atomic E-state index is 12.2. The van der Waals surface area contributed by atoms with E-state index in [1.807, 2.05) is 0 Å². The second kappa shape index (κ2) is 3.88. The summed E-state index contributed by atoms with van der Waals surface area (Å²) in [7, 11) is 0. The second-order valence-electron chi connectivity index (χ2n) is 3.17. The van der Waals surface area contributed by atoms with Crippen LogP contribution in [-0.4, -0.2) is 12.0 Å². The van der Waals surface area contributed by atoms with E-state index in [0.717, 1.165) is 5.56 Å². The minimum absolute atomic E-state index is 0.0114. The number of carbonyl (C=O) groups is 1. The molecule has 0 spiro atoms. The summed E-state index contributed by atoms with van der Waals surface area (Å²) < 4.78 is 36.5. The Morgan fingerprint density at radius 1 is 1.33 bits per heavy atom.